The van der Waals surface area contributed by atoms with Crippen molar-refractivity contribution in [2.45, 2.75) is 32.9 Å². The van der Waals surface area contributed by atoms with E-state index in [4.69, 9.17) is 4.74 Å². The Morgan fingerprint density at radius 2 is 1.71 bits per heavy atom. The molecule has 0 radical (unpaired) electrons. The van der Waals surface area contributed by atoms with Crippen LogP contribution in [0.5, 0.6) is 0 Å². The molecule has 1 heterocycles. The molecular formula is C20H21NO3. The molecule has 0 saturated carbocycles. The van der Waals surface area contributed by atoms with E-state index < -0.39 is 12.1 Å². The number of aryl methyl sites for hydroxylation is 1. The summed E-state index contributed by atoms with van der Waals surface area (Å²) < 4.78 is 5.39. The summed E-state index contributed by atoms with van der Waals surface area (Å²) in [5.41, 5.74) is 3.79. The van der Waals surface area contributed by atoms with E-state index in [2.05, 4.69) is 6.07 Å². The molecule has 0 spiro atoms. The molecule has 0 aromatic heterocycles. The molecule has 1 amide bonds. The van der Waals surface area contributed by atoms with Crippen molar-refractivity contribution in [1.29, 1.82) is 0 Å². The molecule has 2 aromatic rings. The first kappa shape index (κ1) is 16.2. The number of hydrogen-bond donors (Lipinski definition) is 0. The van der Waals surface area contributed by atoms with Gasteiger partial charge in [0.1, 0.15) is 0 Å². The highest BCUT2D eigenvalue weighted by atomic mass is 16.5. The minimum absolute atomic E-state index is 0.147. The average Bonchev–Trinajstić information content (AvgIpc) is 2.60. The first-order valence-electron chi connectivity index (χ1n) is 8.18. The van der Waals surface area contributed by atoms with Gasteiger partial charge in [-0.25, -0.2) is 4.79 Å². The Balaban J connectivity index is 1.65. The number of amides is 1. The maximum Gasteiger partial charge on any atom is 0.339 e. The number of hydrogen-bond acceptors (Lipinski definition) is 3. The zero-order chi connectivity index (χ0) is 17.1. The monoisotopic (exact) mass is 323 g/mol. The fourth-order valence-corrected chi connectivity index (χ4v) is 3.02. The van der Waals surface area contributed by atoms with Crippen LogP contribution in [0.2, 0.25) is 0 Å². The van der Waals surface area contributed by atoms with E-state index >= 15 is 0 Å². The Morgan fingerprint density at radius 1 is 1.04 bits per heavy atom. The predicted molar refractivity (Wildman–Crippen MR) is 91.6 cm³/mol. The smallest absolute Gasteiger partial charge is 0.339 e. The van der Waals surface area contributed by atoms with E-state index in [0.29, 0.717) is 18.7 Å². The standard InChI is InChI=1S/C20H21NO3/c1-14-7-3-6-10-18(14)20(23)24-15(2)19(22)21-12-11-16-8-4-5-9-17(16)13-21/h3-10,15H,11-13H2,1-2H3. The second kappa shape index (κ2) is 6.87. The van der Waals surface area contributed by atoms with Gasteiger partial charge in [-0.2, -0.15) is 0 Å². The summed E-state index contributed by atoms with van der Waals surface area (Å²) in [6.45, 7) is 4.72. The molecule has 124 valence electrons. The Bertz CT molecular complexity index is 769. The summed E-state index contributed by atoms with van der Waals surface area (Å²) in [4.78, 5) is 26.6. The van der Waals surface area contributed by atoms with Crippen molar-refractivity contribution in [2.24, 2.45) is 0 Å². The highest BCUT2D eigenvalue weighted by Gasteiger charge is 2.27. The fraction of sp³-hybridized carbons (Fsp3) is 0.300. The van der Waals surface area contributed by atoms with Gasteiger partial charge in [0.15, 0.2) is 6.10 Å². The highest BCUT2D eigenvalue weighted by Crippen LogP contribution is 2.20. The first-order chi connectivity index (χ1) is 11.6. The van der Waals surface area contributed by atoms with Crippen LogP contribution in [0.3, 0.4) is 0 Å². The van der Waals surface area contributed by atoms with Gasteiger partial charge in [-0.15, -0.1) is 0 Å². The van der Waals surface area contributed by atoms with E-state index in [1.165, 1.54) is 5.56 Å². The molecule has 1 aliphatic heterocycles. The second-order valence-electron chi connectivity index (χ2n) is 6.14. The van der Waals surface area contributed by atoms with Gasteiger partial charge in [-0.3, -0.25) is 4.79 Å². The van der Waals surface area contributed by atoms with Gasteiger partial charge < -0.3 is 9.64 Å². The average molecular weight is 323 g/mol. The Kier molecular flexibility index (Phi) is 4.65. The number of rotatable bonds is 3. The van der Waals surface area contributed by atoms with Crippen LogP contribution in [-0.4, -0.2) is 29.4 Å². The molecule has 0 saturated heterocycles. The molecular weight excluding hydrogens is 302 g/mol. The molecule has 3 rings (SSSR count). The molecule has 0 aliphatic carbocycles. The van der Waals surface area contributed by atoms with Crippen molar-refractivity contribution in [3.8, 4) is 0 Å². The molecule has 24 heavy (non-hydrogen) atoms. The SMILES string of the molecule is Cc1ccccc1C(=O)OC(C)C(=O)N1CCc2ccccc2C1. The van der Waals surface area contributed by atoms with E-state index in [1.807, 2.05) is 37.3 Å². The third-order valence-electron chi connectivity index (χ3n) is 4.44. The molecule has 0 N–H and O–H groups in total. The molecule has 4 nitrogen and oxygen atoms in total. The minimum Gasteiger partial charge on any atom is -0.449 e. The Hall–Kier alpha value is -2.62. The molecule has 2 aromatic carbocycles. The van der Waals surface area contributed by atoms with Crippen LogP contribution >= 0.6 is 0 Å². The second-order valence-corrected chi connectivity index (χ2v) is 6.14. The molecule has 4 heteroatoms. The normalized spacial score (nSPS) is 14.7. The summed E-state index contributed by atoms with van der Waals surface area (Å²) in [6, 6.07) is 15.4. The van der Waals surface area contributed by atoms with Crippen molar-refractivity contribution in [1.82, 2.24) is 4.90 Å². The lowest BCUT2D eigenvalue weighted by Gasteiger charge is -2.30. The zero-order valence-electron chi connectivity index (χ0n) is 14.0. The van der Waals surface area contributed by atoms with E-state index in [9.17, 15) is 9.59 Å². The van der Waals surface area contributed by atoms with Gasteiger partial charge in [0, 0.05) is 13.1 Å². The van der Waals surface area contributed by atoms with Crippen LogP contribution in [0.4, 0.5) is 0 Å². The van der Waals surface area contributed by atoms with Gasteiger partial charge in [0.05, 0.1) is 5.56 Å². The predicted octanol–water partition coefficient (Wildman–Crippen LogP) is 3.13. The lowest BCUT2D eigenvalue weighted by atomic mass is 9.99. The number of nitrogens with zero attached hydrogens (tertiary/aromatic N) is 1. The minimum atomic E-state index is -0.789. The highest BCUT2D eigenvalue weighted by molar-refractivity contribution is 5.93. The van der Waals surface area contributed by atoms with Crippen molar-refractivity contribution < 1.29 is 14.3 Å². The van der Waals surface area contributed by atoms with Crippen molar-refractivity contribution >= 4 is 11.9 Å². The maximum absolute atomic E-state index is 12.6. The fourth-order valence-electron chi connectivity index (χ4n) is 3.02. The van der Waals surface area contributed by atoms with E-state index in [0.717, 1.165) is 17.5 Å². The van der Waals surface area contributed by atoms with Crippen LogP contribution in [0.15, 0.2) is 48.5 Å². The van der Waals surface area contributed by atoms with Crippen molar-refractivity contribution in [3.63, 3.8) is 0 Å². The van der Waals surface area contributed by atoms with E-state index in [-0.39, 0.29) is 5.91 Å². The topological polar surface area (TPSA) is 46.6 Å². The van der Waals surface area contributed by atoms with Gasteiger partial charge in [-0.05, 0) is 43.0 Å². The lowest BCUT2D eigenvalue weighted by Crippen LogP contribution is -2.42. The van der Waals surface area contributed by atoms with Gasteiger partial charge in [-0.1, -0.05) is 42.5 Å². The Morgan fingerprint density at radius 3 is 2.46 bits per heavy atom. The van der Waals surface area contributed by atoms with Gasteiger partial charge in [0.25, 0.3) is 5.91 Å². The van der Waals surface area contributed by atoms with Crippen molar-refractivity contribution in [3.05, 3.63) is 70.8 Å². The van der Waals surface area contributed by atoms with Crippen LogP contribution in [0, 0.1) is 6.92 Å². The first-order valence-corrected chi connectivity index (χ1v) is 8.18. The number of fused-ring (bicyclic) bond motifs is 1. The van der Waals surface area contributed by atoms with Crippen LogP contribution < -0.4 is 0 Å². The van der Waals surface area contributed by atoms with Gasteiger partial charge >= 0.3 is 5.97 Å². The summed E-state index contributed by atoms with van der Waals surface area (Å²) in [5.74, 6) is -0.599. The zero-order valence-corrected chi connectivity index (χ0v) is 14.0. The largest absolute Gasteiger partial charge is 0.449 e. The number of benzene rings is 2. The Labute approximate surface area is 142 Å². The molecule has 0 fully saturated rings. The third kappa shape index (κ3) is 3.32. The summed E-state index contributed by atoms with van der Waals surface area (Å²) >= 11 is 0. The number of carbonyl (C=O) groups is 2. The quantitative estimate of drug-likeness (QED) is 0.815. The van der Waals surface area contributed by atoms with Crippen LogP contribution in [-0.2, 0) is 22.5 Å². The van der Waals surface area contributed by atoms with Crippen LogP contribution in [0.25, 0.3) is 0 Å². The molecule has 1 aliphatic rings. The molecule has 0 bridgehead atoms. The summed E-state index contributed by atoms with van der Waals surface area (Å²) in [6.07, 6.45) is 0.0442. The van der Waals surface area contributed by atoms with E-state index in [1.54, 1.807) is 24.0 Å². The third-order valence-corrected chi connectivity index (χ3v) is 4.44. The number of carbonyl (C=O) groups excluding carboxylic acids is 2. The van der Waals surface area contributed by atoms with Crippen LogP contribution in [0.1, 0.15) is 34.0 Å². The summed E-state index contributed by atoms with van der Waals surface area (Å²) in [5, 5.41) is 0. The van der Waals surface area contributed by atoms with Crippen molar-refractivity contribution in [2.75, 3.05) is 6.54 Å². The summed E-state index contributed by atoms with van der Waals surface area (Å²) in [7, 11) is 0. The number of ether oxygens (including phenoxy) is 1. The molecule has 1 atom stereocenters. The van der Waals surface area contributed by atoms with Gasteiger partial charge in [0.2, 0.25) is 0 Å². The lowest BCUT2D eigenvalue weighted by molar-refractivity contribution is -0.140. The molecule has 1 unspecified atom stereocenters. The maximum atomic E-state index is 12.6. The number of esters is 1.